The van der Waals surface area contributed by atoms with Crippen molar-refractivity contribution < 1.29 is 9.90 Å². The third kappa shape index (κ3) is 3.62. The standard InChI is InChI=1S/C20H23NO2/c1-15-9-11-16(12-10-15)19(22)18-8-5-13-21(14-18)20(23)17-6-3-2-4-7-17/h2-4,6-7,9-12,18-19,22H,5,8,13-14H2,1H3. The molecule has 1 amide bonds. The van der Waals surface area contributed by atoms with E-state index in [4.69, 9.17) is 0 Å². The SMILES string of the molecule is Cc1ccc(C(O)C2CCCN(C(=O)c3ccccc3)C2)cc1. The van der Waals surface area contributed by atoms with Crippen molar-refractivity contribution >= 4 is 5.91 Å². The molecule has 2 aromatic carbocycles. The van der Waals surface area contributed by atoms with Gasteiger partial charge in [0.25, 0.3) is 5.91 Å². The van der Waals surface area contributed by atoms with Gasteiger partial charge in [0.2, 0.25) is 0 Å². The van der Waals surface area contributed by atoms with Crippen molar-refractivity contribution in [1.82, 2.24) is 4.90 Å². The Morgan fingerprint density at radius 2 is 1.83 bits per heavy atom. The molecule has 1 N–H and O–H groups in total. The Morgan fingerprint density at radius 3 is 2.52 bits per heavy atom. The van der Waals surface area contributed by atoms with E-state index < -0.39 is 6.10 Å². The van der Waals surface area contributed by atoms with Crippen LogP contribution in [0.15, 0.2) is 54.6 Å². The maximum atomic E-state index is 12.6. The summed E-state index contributed by atoms with van der Waals surface area (Å²) < 4.78 is 0. The lowest BCUT2D eigenvalue weighted by atomic mass is 9.88. The Balaban J connectivity index is 1.70. The zero-order valence-corrected chi connectivity index (χ0v) is 13.5. The van der Waals surface area contributed by atoms with Crippen LogP contribution in [0.4, 0.5) is 0 Å². The fourth-order valence-electron chi connectivity index (χ4n) is 3.25. The van der Waals surface area contributed by atoms with Crippen LogP contribution in [0.3, 0.4) is 0 Å². The molecule has 3 nitrogen and oxygen atoms in total. The molecule has 1 saturated heterocycles. The monoisotopic (exact) mass is 309 g/mol. The lowest BCUT2D eigenvalue weighted by Gasteiger charge is -2.35. The average Bonchev–Trinajstić information content (AvgIpc) is 2.62. The van der Waals surface area contributed by atoms with Crippen LogP contribution in [-0.4, -0.2) is 29.0 Å². The molecule has 3 rings (SSSR count). The summed E-state index contributed by atoms with van der Waals surface area (Å²) in [5, 5.41) is 10.7. The second-order valence-electron chi connectivity index (χ2n) is 6.38. The van der Waals surface area contributed by atoms with Gasteiger partial charge >= 0.3 is 0 Å². The number of aryl methyl sites for hydroxylation is 1. The minimum atomic E-state index is -0.512. The number of aliphatic hydroxyl groups is 1. The van der Waals surface area contributed by atoms with Gasteiger partial charge < -0.3 is 10.0 Å². The average molecular weight is 309 g/mol. The Kier molecular flexibility index (Phi) is 4.77. The predicted molar refractivity (Wildman–Crippen MR) is 91.2 cm³/mol. The van der Waals surface area contributed by atoms with E-state index >= 15 is 0 Å². The van der Waals surface area contributed by atoms with Crippen molar-refractivity contribution in [1.29, 1.82) is 0 Å². The normalized spacial score (nSPS) is 19.4. The molecule has 2 aromatic rings. The summed E-state index contributed by atoms with van der Waals surface area (Å²) in [5.74, 6) is 0.158. The summed E-state index contributed by atoms with van der Waals surface area (Å²) in [7, 11) is 0. The van der Waals surface area contributed by atoms with Gasteiger partial charge in [0.05, 0.1) is 6.10 Å². The van der Waals surface area contributed by atoms with Gasteiger partial charge in [-0.05, 0) is 37.5 Å². The maximum Gasteiger partial charge on any atom is 0.253 e. The molecule has 120 valence electrons. The number of nitrogens with zero attached hydrogens (tertiary/aromatic N) is 1. The lowest BCUT2D eigenvalue weighted by Crippen LogP contribution is -2.41. The smallest absolute Gasteiger partial charge is 0.253 e. The molecule has 0 aromatic heterocycles. The van der Waals surface area contributed by atoms with Crippen molar-refractivity contribution in [3.63, 3.8) is 0 Å². The van der Waals surface area contributed by atoms with Gasteiger partial charge in [-0.1, -0.05) is 48.0 Å². The van der Waals surface area contributed by atoms with Gasteiger partial charge in [-0.15, -0.1) is 0 Å². The van der Waals surface area contributed by atoms with Crippen molar-refractivity contribution in [2.24, 2.45) is 5.92 Å². The van der Waals surface area contributed by atoms with E-state index in [-0.39, 0.29) is 11.8 Å². The molecular formula is C20H23NO2. The first-order chi connectivity index (χ1) is 11.1. The minimum absolute atomic E-state index is 0.0615. The first kappa shape index (κ1) is 15.8. The highest BCUT2D eigenvalue weighted by atomic mass is 16.3. The summed E-state index contributed by atoms with van der Waals surface area (Å²) in [4.78, 5) is 14.5. The van der Waals surface area contributed by atoms with Crippen LogP contribution in [-0.2, 0) is 0 Å². The molecule has 3 heteroatoms. The van der Waals surface area contributed by atoms with Crippen LogP contribution < -0.4 is 0 Å². The minimum Gasteiger partial charge on any atom is -0.388 e. The number of likely N-dealkylation sites (tertiary alicyclic amines) is 1. The molecule has 2 atom stereocenters. The zero-order valence-electron chi connectivity index (χ0n) is 13.5. The number of rotatable bonds is 3. The molecule has 1 fully saturated rings. The number of benzene rings is 2. The van der Waals surface area contributed by atoms with Crippen molar-refractivity contribution in [2.75, 3.05) is 13.1 Å². The molecule has 0 spiro atoms. The van der Waals surface area contributed by atoms with Gasteiger partial charge in [0.15, 0.2) is 0 Å². The molecule has 0 aliphatic carbocycles. The topological polar surface area (TPSA) is 40.5 Å². The van der Waals surface area contributed by atoms with Gasteiger partial charge in [-0.2, -0.15) is 0 Å². The van der Waals surface area contributed by atoms with Crippen LogP contribution in [0.2, 0.25) is 0 Å². The fourth-order valence-corrected chi connectivity index (χ4v) is 3.25. The number of carbonyl (C=O) groups is 1. The van der Waals surface area contributed by atoms with E-state index in [0.29, 0.717) is 6.54 Å². The van der Waals surface area contributed by atoms with Gasteiger partial charge in [0, 0.05) is 24.6 Å². The van der Waals surface area contributed by atoms with E-state index in [1.807, 2.05) is 66.4 Å². The van der Waals surface area contributed by atoms with Crippen molar-refractivity contribution in [3.05, 3.63) is 71.3 Å². The number of hydrogen-bond acceptors (Lipinski definition) is 2. The molecule has 23 heavy (non-hydrogen) atoms. The van der Waals surface area contributed by atoms with Crippen molar-refractivity contribution in [3.8, 4) is 0 Å². The molecule has 0 saturated carbocycles. The zero-order chi connectivity index (χ0) is 16.2. The predicted octanol–water partition coefficient (Wildman–Crippen LogP) is 3.58. The number of hydrogen-bond donors (Lipinski definition) is 1. The first-order valence-electron chi connectivity index (χ1n) is 8.24. The highest BCUT2D eigenvalue weighted by Crippen LogP contribution is 2.30. The first-order valence-corrected chi connectivity index (χ1v) is 8.24. The van der Waals surface area contributed by atoms with Crippen LogP contribution in [0.25, 0.3) is 0 Å². The summed E-state index contributed by atoms with van der Waals surface area (Å²) in [5.41, 5.74) is 2.85. The third-order valence-corrected chi connectivity index (χ3v) is 4.63. The number of carbonyl (C=O) groups excluding carboxylic acids is 1. The molecule has 1 heterocycles. The van der Waals surface area contributed by atoms with E-state index in [9.17, 15) is 9.90 Å². The lowest BCUT2D eigenvalue weighted by molar-refractivity contribution is 0.0401. The number of amides is 1. The summed E-state index contributed by atoms with van der Waals surface area (Å²) >= 11 is 0. The second kappa shape index (κ2) is 6.97. The molecule has 0 radical (unpaired) electrons. The van der Waals surface area contributed by atoms with E-state index in [1.165, 1.54) is 5.56 Å². The molecule has 1 aliphatic heterocycles. The highest BCUT2D eigenvalue weighted by molar-refractivity contribution is 5.94. The molecule has 2 unspecified atom stereocenters. The van der Waals surface area contributed by atoms with Gasteiger partial charge in [-0.3, -0.25) is 4.79 Å². The Morgan fingerprint density at radius 1 is 1.13 bits per heavy atom. The second-order valence-corrected chi connectivity index (χ2v) is 6.38. The maximum absolute atomic E-state index is 12.6. The number of piperidine rings is 1. The van der Waals surface area contributed by atoms with E-state index in [0.717, 1.165) is 30.5 Å². The van der Waals surface area contributed by atoms with Crippen molar-refractivity contribution in [2.45, 2.75) is 25.9 Å². The summed E-state index contributed by atoms with van der Waals surface area (Å²) in [6.45, 7) is 3.42. The van der Waals surface area contributed by atoms with Crippen LogP contribution in [0.5, 0.6) is 0 Å². The third-order valence-electron chi connectivity index (χ3n) is 4.63. The van der Waals surface area contributed by atoms with E-state index in [2.05, 4.69) is 0 Å². The van der Waals surface area contributed by atoms with Gasteiger partial charge in [-0.25, -0.2) is 0 Å². The Labute approximate surface area is 137 Å². The largest absolute Gasteiger partial charge is 0.388 e. The van der Waals surface area contributed by atoms with E-state index in [1.54, 1.807) is 0 Å². The Hall–Kier alpha value is -2.13. The molecule has 0 bridgehead atoms. The summed E-state index contributed by atoms with van der Waals surface area (Å²) in [6, 6.07) is 17.4. The molecular weight excluding hydrogens is 286 g/mol. The Bertz CT molecular complexity index is 651. The fraction of sp³-hybridized carbons (Fsp3) is 0.350. The van der Waals surface area contributed by atoms with Crippen LogP contribution in [0.1, 0.15) is 40.4 Å². The van der Waals surface area contributed by atoms with Crippen LogP contribution >= 0.6 is 0 Å². The molecule has 1 aliphatic rings. The van der Waals surface area contributed by atoms with Crippen LogP contribution in [0, 0.1) is 12.8 Å². The quantitative estimate of drug-likeness (QED) is 0.941. The number of aliphatic hydroxyl groups excluding tert-OH is 1. The van der Waals surface area contributed by atoms with Gasteiger partial charge in [0.1, 0.15) is 0 Å². The summed E-state index contributed by atoms with van der Waals surface area (Å²) in [6.07, 6.45) is 1.38. The highest BCUT2D eigenvalue weighted by Gasteiger charge is 2.29.